The first-order valence-corrected chi connectivity index (χ1v) is 43.9. The molecule has 0 aliphatic carbocycles. The van der Waals surface area contributed by atoms with Crippen molar-refractivity contribution in [1.29, 1.82) is 0 Å². The number of halogens is 7. The number of anilines is 5. The SMILES string of the molecule is Brc1cnn2c(NCc3cccnc3)cc(-c3ccco3)nc12.CO[n+]1cccc(CNc2cc(-c3ccc(Cl)cc3)nc3c(Br)cnn23)c1.CO[n+]1cccc(CNc2cc(-c3ccccc3)nc3c(Br)cnn23)c1.CO[n+]1cccc(CNc2cc(-c3ccccc3Cl)nc3c(Br)cnn23)c1.CO[n+]1cccc(CNc2cc(-c3ccco3)nc3c(Br)cnn23)c1. The molecule has 0 aliphatic heterocycles. The van der Waals surface area contributed by atoms with Crippen LogP contribution in [0.5, 0.6) is 0 Å². The highest BCUT2D eigenvalue weighted by Crippen LogP contribution is 2.34. The Balaban J connectivity index is 0.000000118. The molecule has 0 amide bonds. The number of benzene rings is 3. The average Bonchev–Trinajstić information content (AvgIpc) is 1.71. The van der Waals surface area contributed by atoms with Crippen LogP contribution >= 0.6 is 103 Å². The maximum absolute atomic E-state index is 6.37. The molecule has 0 atom stereocenters. The maximum Gasteiger partial charge on any atom is 0.227 e. The second kappa shape index (κ2) is 41.6. The van der Waals surface area contributed by atoms with Crippen molar-refractivity contribution in [2.45, 2.75) is 32.7 Å². The van der Waals surface area contributed by atoms with Crippen molar-refractivity contribution in [2.75, 3.05) is 55.0 Å². The van der Waals surface area contributed by atoms with Crippen LogP contribution in [0.3, 0.4) is 0 Å². The fourth-order valence-electron chi connectivity index (χ4n) is 13.1. The number of aromatic nitrogens is 20. The Morgan fingerprint density at radius 1 is 0.328 bits per heavy atom. The van der Waals surface area contributed by atoms with Gasteiger partial charge in [0.15, 0.2) is 39.8 Å². The van der Waals surface area contributed by atoms with Crippen LogP contribution in [0.25, 0.3) is 84.9 Å². The highest BCUT2D eigenvalue weighted by molar-refractivity contribution is 9.11. The number of nitrogens with one attached hydrogen (secondary N) is 5. The molecular formula is C90H76Br5Cl2N25O6+4. The lowest BCUT2D eigenvalue weighted by Crippen LogP contribution is -2.40. The van der Waals surface area contributed by atoms with Crippen LogP contribution in [-0.2, 0) is 32.7 Å². The Bertz CT molecular complexity index is 7180. The summed E-state index contributed by atoms with van der Waals surface area (Å²) in [5.41, 5.74) is 16.0. The lowest BCUT2D eigenvalue weighted by atomic mass is 10.1. The molecule has 0 saturated carbocycles. The molecule has 17 heterocycles. The van der Waals surface area contributed by atoms with Crippen LogP contribution in [0.4, 0.5) is 29.1 Å². The monoisotopic (exact) mass is 2070 g/mol. The largest absolute Gasteiger partial charge is 0.463 e. The first kappa shape index (κ1) is 87.7. The molecule has 0 aliphatic rings. The summed E-state index contributed by atoms with van der Waals surface area (Å²) in [6.45, 7) is 3.10. The van der Waals surface area contributed by atoms with E-state index in [1.807, 2.05) is 250 Å². The van der Waals surface area contributed by atoms with Gasteiger partial charge < -0.3 is 35.4 Å². The van der Waals surface area contributed by atoms with E-state index in [0.29, 0.717) is 54.3 Å². The summed E-state index contributed by atoms with van der Waals surface area (Å²) in [5, 5.41) is 40.4. The smallest absolute Gasteiger partial charge is 0.227 e. The lowest BCUT2D eigenvalue weighted by molar-refractivity contribution is -0.885. The van der Waals surface area contributed by atoms with E-state index >= 15 is 0 Å². The minimum Gasteiger partial charge on any atom is -0.463 e. The van der Waals surface area contributed by atoms with E-state index in [1.54, 1.807) is 120 Å². The van der Waals surface area contributed by atoms with Gasteiger partial charge >= 0.3 is 0 Å². The van der Waals surface area contributed by atoms with Crippen molar-refractivity contribution in [3.63, 3.8) is 0 Å². The molecule has 0 saturated heterocycles. The van der Waals surface area contributed by atoms with Gasteiger partial charge in [0, 0.05) is 168 Å². The minimum absolute atomic E-state index is 0.600. The van der Waals surface area contributed by atoms with E-state index in [-0.39, 0.29) is 0 Å². The molecule has 20 rings (SSSR count). The predicted molar refractivity (Wildman–Crippen MR) is 503 cm³/mol. The van der Waals surface area contributed by atoms with Crippen molar-refractivity contribution in [2.24, 2.45) is 0 Å². The zero-order valence-corrected chi connectivity index (χ0v) is 77.8. The van der Waals surface area contributed by atoms with Crippen LogP contribution in [0.15, 0.2) is 331 Å². The Kier molecular flexibility index (Phi) is 28.5. The van der Waals surface area contributed by atoms with Crippen molar-refractivity contribution in [3.8, 4) is 56.7 Å². The van der Waals surface area contributed by atoms with Gasteiger partial charge in [-0.15, -0.1) is 0 Å². The highest BCUT2D eigenvalue weighted by atomic mass is 79.9. The number of pyridine rings is 5. The number of hydrogen-bond donors (Lipinski definition) is 5. The summed E-state index contributed by atoms with van der Waals surface area (Å²) in [4.78, 5) is 48.3. The van der Waals surface area contributed by atoms with Crippen molar-refractivity contribution < 1.29 is 47.1 Å². The third kappa shape index (κ3) is 21.3. The van der Waals surface area contributed by atoms with Crippen LogP contribution in [0.2, 0.25) is 10.0 Å². The van der Waals surface area contributed by atoms with Crippen molar-refractivity contribution in [1.82, 2.24) is 78.0 Å². The summed E-state index contributed by atoms with van der Waals surface area (Å²) in [5.74, 6) is 5.58. The van der Waals surface area contributed by atoms with Gasteiger partial charge in [0.2, 0.25) is 49.6 Å². The van der Waals surface area contributed by atoms with E-state index in [9.17, 15) is 0 Å². The number of hydrogen-bond acceptors (Lipinski definition) is 22. The predicted octanol–water partition coefficient (Wildman–Crippen LogP) is 17.1. The van der Waals surface area contributed by atoms with Gasteiger partial charge in [-0.1, -0.05) is 89.9 Å². The highest BCUT2D eigenvalue weighted by Gasteiger charge is 2.21. The molecule has 0 radical (unpaired) electrons. The standard InChI is InChI=1S/2C19H16BrClN5O.C19H17BrN5O.C17H15BrN5O2.C16H12BrN5O/c1-27-25-8-2-3-13(12-25)10-22-18-9-17(14-4-6-15(21)7-5-14)24-19-16(20)11-23-26(18)19;1-27-25-8-4-5-13(12-25)10-22-18-9-17(14-6-2-3-7-16(14)21)24-19-15(20)11-23-26(18)19;1-26-24-9-5-6-14(13-24)11-21-18-10-17(15-7-3-2-4-8-15)23-19-16(20)12-22-25(18)19;1-24-22-6-2-4-12(11-22)9-19-16-8-14(15-5-3-7-25-15)21-17-13(18)10-20-23(16)17;17-12-10-20-22-15(19-9-11-3-1-5-18-8-11)7-13(21-16(12)22)14-4-2-6-23-14/h2*2-9,11-12,22H,10H2,1H3;2-10,12-13,21H,11H2,1H3;2-8,10-11,19H,9H2,1H3;1-8,10,19H,9H2/q4*+1;. The third-order valence-electron chi connectivity index (χ3n) is 19.3. The quantitative estimate of drug-likeness (QED) is 0.0351. The van der Waals surface area contributed by atoms with E-state index < -0.39 is 0 Å². The minimum atomic E-state index is 0.600. The topological polar surface area (TPSA) is 303 Å². The Labute approximate surface area is 783 Å². The van der Waals surface area contributed by atoms with E-state index in [0.717, 1.165) is 153 Å². The molecule has 0 unspecified atom stereocenters. The normalized spacial score (nSPS) is 10.9. The molecule has 0 fully saturated rings. The van der Waals surface area contributed by atoms with E-state index in [1.165, 1.54) is 0 Å². The first-order chi connectivity index (χ1) is 62.6. The molecule has 38 heteroatoms. The Hall–Kier alpha value is -13.8. The number of rotatable bonds is 24. The van der Waals surface area contributed by atoms with Crippen molar-refractivity contribution >= 4 is 160 Å². The molecule has 17 aromatic heterocycles. The van der Waals surface area contributed by atoms with E-state index in [4.69, 9.17) is 66.3 Å². The fraction of sp³-hybridized carbons (Fsp3) is 0.100. The molecule has 3 aromatic carbocycles. The van der Waals surface area contributed by atoms with Crippen LogP contribution < -0.4 is 64.9 Å². The molecule has 31 nitrogen and oxygen atoms in total. The lowest BCUT2D eigenvalue weighted by Gasteiger charge is -2.11. The van der Waals surface area contributed by atoms with Crippen LogP contribution in [0, 0.1) is 0 Å². The summed E-state index contributed by atoms with van der Waals surface area (Å²) in [6, 6.07) is 62.4. The third-order valence-corrected chi connectivity index (χ3v) is 22.7. The molecule has 0 spiro atoms. The van der Waals surface area contributed by atoms with Gasteiger partial charge in [-0.05, 0) is 158 Å². The van der Waals surface area contributed by atoms with Gasteiger partial charge in [0.1, 0.15) is 68.9 Å². The molecule has 128 heavy (non-hydrogen) atoms. The Morgan fingerprint density at radius 3 is 0.992 bits per heavy atom. The average molecular weight is 2070 g/mol. The van der Waals surface area contributed by atoms with Gasteiger partial charge in [-0.25, -0.2) is 24.9 Å². The second-order valence-corrected chi connectivity index (χ2v) is 32.8. The summed E-state index contributed by atoms with van der Waals surface area (Å²) < 4.78 is 30.6. The van der Waals surface area contributed by atoms with Crippen LogP contribution in [-0.4, -0.2) is 106 Å². The van der Waals surface area contributed by atoms with Crippen molar-refractivity contribution in [3.05, 3.63) is 360 Å². The molecular weight excluding hydrogens is 2000 g/mol. The molecule has 642 valence electrons. The van der Waals surface area contributed by atoms with Gasteiger partial charge in [-0.2, -0.15) is 48.1 Å². The Morgan fingerprint density at radius 2 is 0.648 bits per heavy atom. The zero-order valence-electron chi connectivity index (χ0n) is 68.4. The number of nitrogens with zero attached hydrogens (tertiary/aromatic N) is 20. The second-order valence-electron chi connectivity index (χ2n) is 27.7. The molecule has 0 bridgehead atoms. The summed E-state index contributed by atoms with van der Waals surface area (Å²) >= 11 is 29.9. The van der Waals surface area contributed by atoms with Crippen LogP contribution in [0.1, 0.15) is 27.8 Å². The van der Waals surface area contributed by atoms with Gasteiger partial charge in [0.05, 0.1) is 83.0 Å². The maximum atomic E-state index is 6.37. The summed E-state index contributed by atoms with van der Waals surface area (Å²) in [6.07, 6.45) is 30.6. The first-order valence-electron chi connectivity index (χ1n) is 39.2. The molecule has 5 N–H and O–H groups in total. The van der Waals surface area contributed by atoms with Gasteiger partial charge in [0.25, 0.3) is 0 Å². The molecule has 20 aromatic rings. The number of fused-ring (bicyclic) bond motifs is 5. The van der Waals surface area contributed by atoms with E-state index in [2.05, 4.69) is 147 Å². The fourth-order valence-corrected chi connectivity index (χ4v) is 15.2. The van der Waals surface area contributed by atoms with Gasteiger partial charge in [-0.3, -0.25) is 24.3 Å². The summed E-state index contributed by atoms with van der Waals surface area (Å²) in [7, 11) is 6.52. The number of furan rings is 2. The zero-order chi connectivity index (χ0) is 88.4.